The van der Waals surface area contributed by atoms with Crippen LogP contribution in [-0.4, -0.2) is 24.7 Å². The normalized spacial score (nSPS) is 14.7. The lowest BCUT2D eigenvalue weighted by Gasteiger charge is -2.27. The second-order valence-corrected chi connectivity index (χ2v) is 6.15. The summed E-state index contributed by atoms with van der Waals surface area (Å²) in [4.78, 5) is 0. The highest BCUT2D eigenvalue weighted by molar-refractivity contribution is 7.99. The molecule has 0 heterocycles. The van der Waals surface area contributed by atoms with Gasteiger partial charge in [-0.25, -0.2) is 0 Å². The largest absolute Gasteiger partial charge is 0.385 e. The molecule has 1 rings (SSSR count). The monoisotopic (exact) mass is 267 g/mol. The molecule has 0 spiro atoms. The lowest BCUT2D eigenvalue weighted by molar-refractivity contribution is 0.200. The third kappa shape index (κ3) is 5.01. The van der Waals surface area contributed by atoms with E-state index in [1.54, 1.807) is 7.11 Å². The number of hydrogen-bond donors (Lipinski definition) is 1. The Balaban J connectivity index is 2.56. The average Bonchev–Trinajstić information content (AvgIpc) is 2.39. The zero-order chi connectivity index (χ0) is 13.4. The van der Waals surface area contributed by atoms with Crippen LogP contribution >= 0.6 is 11.8 Å². The van der Waals surface area contributed by atoms with Crippen LogP contribution in [0, 0.1) is 5.92 Å². The molecule has 2 N–H and O–H groups in total. The molecule has 0 fully saturated rings. The Morgan fingerprint density at radius 3 is 2.44 bits per heavy atom. The average molecular weight is 267 g/mol. The topological polar surface area (TPSA) is 35.2 Å². The number of rotatable bonds is 8. The smallest absolute Gasteiger partial charge is 0.0470 e. The number of thioether (sulfide) groups is 1. The molecular formula is C15H25NOS. The van der Waals surface area contributed by atoms with Gasteiger partial charge in [-0.05, 0) is 23.7 Å². The molecule has 0 bridgehead atoms. The predicted molar refractivity (Wildman–Crippen MR) is 80.9 cm³/mol. The molecule has 2 unspecified atom stereocenters. The fourth-order valence-electron chi connectivity index (χ4n) is 2.00. The lowest BCUT2D eigenvalue weighted by atomic mass is 9.97. The van der Waals surface area contributed by atoms with Crippen molar-refractivity contribution in [3.05, 3.63) is 35.9 Å². The van der Waals surface area contributed by atoms with Gasteiger partial charge in [0.05, 0.1) is 0 Å². The number of hydrogen-bond acceptors (Lipinski definition) is 3. The van der Waals surface area contributed by atoms with E-state index in [1.807, 2.05) is 17.8 Å². The van der Waals surface area contributed by atoms with Crippen LogP contribution in [-0.2, 0) is 4.74 Å². The van der Waals surface area contributed by atoms with E-state index in [0.29, 0.717) is 11.2 Å². The summed E-state index contributed by atoms with van der Waals surface area (Å²) in [6, 6.07) is 10.5. The highest BCUT2D eigenvalue weighted by Crippen LogP contribution is 2.30. The summed E-state index contributed by atoms with van der Waals surface area (Å²) in [5, 5.41) is 0.462. The molecule has 0 saturated heterocycles. The van der Waals surface area contributed by atoms with E-state index in [4.69, 9.17) is 10.5 Å². The fraction of sp³-hybridized carbons (Fsp3) is 0.600. The van der Waals surface area contributed by atoms with Gasteiger partial charge in [0, 0.05) is 25.0 Å². The summed E-state index contributed by atoms with van der Waals surface area (Å²) < 4.78 is 5.08. The van der Waals surface area contributed by atoms with Crippen molar-refractivity contribution in [1.82, 2.24) is 0 Å². The number of benzene rings is 1. The number of nitrogens with two attached hydrogens (primary N) is 1. The summed E-state index contributed by atoms with van der Waals surface area (Å²) in [5.74, 6) is 1.68. The molecule has 0 aromatic heterocycles. The lowest BCUT2D eigenvalue weighted by Crippen LogP contribution is -2.28. The molecule has 1 aromatic carbocycles. The Kier molecular flexibility index (Phi) is 7.40. The van der Waals surface area contributed by atoms with E-state index in [-0.39, 0.29) is 6.04 Å². The minimum absolute atomic E-state index is 0.110. The molecule has 18 heavy (non-hydrogen) atoms. The van der Waals surface area contributed by atoms with Crippen molar-refractivity contribution in [1.29, 1.82) is 0 Å². The fourth-order valence-corrected chi connectivity index (χ4v) is 3.30. The Hall–Kier alpha value is -0.510. The van der Waals surface area contributed by atoms with Gasteiger partial charge in [-0.15, -0.1) is 0 Å². The van der Waals surface area contributed by atoms with Gasteiger partial charge in [0.15, 0.2) is 0 Å². The van der Waals surface area contributed by atoms with Gasteiger partial charge in [-0.2, -0.15) is 11.8 Å². The SMILES string of the molecule is COCCCSC(C(C)C)C(N)c1ccccc1. The van der Waals surface area contributed by atoms with E-state index in [1.165, 1.54) is 5.56 Å². The van der Waals surface area contributed by atoms with E-state index >= 15 is 0 Å². The number of methoxy groups -OCH3 is 1. The van der Waals surface area contributed by atoms with E-state index in [0.717, 1.165) is 18.8 Å². The highest BCUT2D eigenvalue weighted by Gasteiger charge is 2.22. The Bertz CT molecular complexity index is 316. The van der Waals surface area contributed by atoms with Crippen molar-refractivity contribution in [2.45, 2.75) is 31.6 Å². The van der Waals surface area contributed by atoms with Crippen molar-refractivity contribution in [2.24, 2.45) is 11.7 Å². The van der Waals surface area contributed by atoms with Gasteiger partial charge in [-0.3, -0.25) is 0 Å². The summed E-state index contributed by atoms with van der Waals surface area (Å²) in [7, 11) is 1.75. The molecule has 102 valence electrons. The maximum atomic E-state index is 6.40. The highest BCUT2D eigenvalue weighted by atomic mass is 32.2. The van der Waals surface area contributed by atoms with Crippen LogP contribution < -0.4 is 5.73 Å². The summed E-state index contributed by atoms with van der Waals surface area (Å²) in [5.41, 5.74) is 7.63. The van der Waals surface area contributed by atoms with Gasteiger partial charge < -0.3 is 10.5 Å². The second kappa shape index (κ2) is 8.57. The van der Waals surface area contributed by atoms with Crippen molar-refractivity contribution >= 4 is 11.8 Å². The molecule has 2 atom stereocenters. The summed E-state index contributed by atoms with van der Waals surface area (Å²) >= 11 is 1.97. The second-order valence-electron chi connectivity index (χ2n) is 4.86. The summed E-state index contributed by atoms with van der Waals surface area (Å²) in [6.45, 7) is 5.33. The molecule has 0 amide bonds. The minimum Gasteiger partial charge on any atom is -0.385 e. The third-order valence-electron chi connectivity index (χ3n) is 3.00. The van der Waals surface area contributed by atoms with Crippen LogP contribution in [0.15, 0.2) is 30.3 Å². The van der Waals surface area contributed by atoms with Crippen LogP contribution in [0.5, 0.6) is 0 Å². The van der Waals surface area contributed by atoms with Crippen LogP contribution in [0.2, 0.25) is 0 Å². The maximum absolute atomic E-state index is 6.40. The predicted octanol–water partition coefficient (Wildman–Crippen LogP) is 3.48. The maximum Gasteiger partial charge on any atom is 0.0470 e. The van der Waals surface area contributed by atoms with Crippen LogP contribution in [0.25, 0.3) is 0 Å². The third-order valence-corrected chi connectivity index (χ3v) is 4.75. The zero-order valence-electron chi connectivity index (χ0n) is 11.6. The van der Waals surface area contributed by atoms with Crippen molar-refractivity contribution in [2.75, 3.05) is 19.5 Å². The standard InChI is InChI=1S/C15H25NOS/c1-12(2)15(18-11-7-10-17-3)14(16)13-8-5-4-6-9-13/h4-6,8-9,12,14-15H,7,10-11,16H2,1-3H3. The van der Waals surface area contributed by atoms with Gasteiger partial charge in [0.1, 0.15) is 0 Å². The molecule has 0 aliphatic heterocycles. The first kappa shape index (κ1) is 15.5. The summed E-state index contributed by atoms with van der Waals surface area (Å²) in [6.07, 6.45) is 1.09. The van der Waals surface area contributed by atoms with Crippen LogP contribution in [0.1, 0.15) is 31.9 Å². The van der Waals surface area contributed by atoms with Gasteiger partial charge in [0.25, 0.3) is 0 Å². The van der Waals surface area contributed by atoms with Gasteiger partial charge in [0.2, 0.25) is 0 Å². The molecule has 3 heteroatoms. The molecule has 0 radical (unpaired) electrons. The Labute approximate surface area is 115 Å². The number of ether oxygens (including phenoxy) is 1. The first-order valence-electron chi connectivity index (χ1n) is 6.58. The van der Waals surface area contributed by atoms with Crippen molar-refractivity contribution in [3.63, 3.8) is 0 Å². The molecule has 0 saturated carbocycles. The molecule has 0 aliphatic carbocycles. The molecule has 0 aliphatic rings. The Morgan fingerprint density at radius 2 is 1.89 bits per heavy atom. The first-order valence-corrected chi connectivity index (χ1v) is 7.62. The molecule has 1 aromatic rings. The van der Waals surface area contributed by atoms with Crippen molar-refractivity contribution in [3.8, 4) is 0 Å². The van der Waals surface area contributed by atoms with Gasteiger partial charge in [-0.1, -0.05) is 44.2 Å². The van der Waals surface area contributed by atoms with E-state index in [2.05, 4.69) is 38.1 Å². The van der Waals surface area contributed by atoms with Crippen LogP contribution in [0.4, 0.5) is 0 Å². The van der Waals surface area contributed by atoms with Gasteiger partial charge >= 0.3 is 0 Å². The van der Waals surface area contributed by atoms with E-state index in [9.17, 15) is 0 Å². The minimum atomic E-state index is 0.110. The first-order chi connectivity index (χ1) is 8.66. The Morgan fingerprint density at radius 1 is 1.22 bits per heavy atom. The zero-order valence-corrected chi connectivity index (χ0v) is 12.5. The van der Waals surface area contributed by atoms with Crippen LogP contribution in [0.3, 0.4) is 0 Å². The molecule has 2 nitrogen and oxygen atoms in total. The molecular weight excluding hydrogens is 242 g/mol. The quantitative estimate of drug-likeness (QED) is 0.732. The van der Waals surface area contributed by atoms with E-state index < -0.39 is 0 Å². The van der Waals surface area contributed by atoms with Crippen molar-refractivity contribution < 1.29 is 4.74 Å².